The van der Waals surface area contributed by atoms with Gasteiger partial charge in [0.2, 0.25) is 0 Å². The van der Waals surface area contributed by atoms with Crippen molar-refractivity contribution in [1.82, 2.24) is 15.5 Å². The minimum atomic E-state index is -0.315. The van der Waals surface area contributed by atoms with E-state index < -0.39 is 0 Å². The lowest BCUT2D eigenvalue weighted by Gasteiger charge is -2.37. The second-order valence-corrected chi connectivity index (χ2v) is 7.66. The van der Waals surface area contributed by atoms with Crippen LogP contribution in [0.25, 0.3) is 0 Å². The number of halogens is 1. The van der Waals surface area contributed by atoms with Crippen molar-refractivity contribution in [3.05, 3.63) is 59.4 Å². The number of nitrogen functional groups attached to an aromatic ring is 1. The van der Waals surface area contributed by atoms with Crippen molar-refractivity contribution < 1.29 is 14.0 Å². The van der Waals surface area contributed by atoms with Gasteiger partial charge in [-0.2, -0.15) is 0 Å². The van der Waals surface area contributed by atoms with E-state index >= 15 is 0 Å². The Labute approximate surface area is 176 Å². The minimum Gasteiger partial charge on any atom is -0.399 e. The van der Waals surface area contributed by atoms with Crippen LogP contribution in [0.1, 0.15) is 29.8 Å². The van der Waals surface area contributed by atoms with Gasteiger partial charge in [0.15, 0.2) is 0 Å². The molecule has 3 amide bonds. The molecule has 2 aromatic rings. The van der Waals surface area contributed by atoms with Gasteiger partial charge in [0.1, 0.15) is 5.82 Å². The lowest BCUT2D eigenvalue weighted by atomic mass is 10.1. The standard InChI is InChI=1S/C22H28FN5O2/c1-15(2)26-22(30)28-11-9-27(10-12-28)20-8-7-18(24)13-19(20)21(29)25-14-16-3-5-17(23)6-4-16/h3-8,13,15H,9-12,14,24H2,1-2H3,(H,25,29)(H,26,30). The molecule has 0 unspecified atom stereocenters. The van der Waals surface area contributed by atoms with Crippen LogP contribution < -0.4 is 21.3 Å². The predicted octanol–water partition coefficient (Wildman–Crippen LogP) is 2.58. The first-order valence-corrected chi connectivity index (χ1v) is 10.1. The third kappa shape index (κ3) is 5.40. The molecular formula is C22H28FN5O2. The Kier molecular flexibility index (Phi) is 6.76. The zero-order valence-electron chi connectivity index (χ0n) is 17.3. The molecule has 7 nitrogen and oxygen atoms in total. The van der Waals surface area contributed by atoms with E-state index in [9.17, 15) is 14.0 Å². The molecule has 0 atom stereocenters. The average Bonchev–Trinajstić information content (AvgIpc) is 2.72. The molecule has 0 aliphatic carbocycles. The van der Waals surface area contributed by atoms with Crippen LogP contribution >= 0.6 is 0 Å². The Morgan fingerprint density at radius 2 is 1.73 bits per heavy atom. The summed E-state index contributed by atoms with van der Waals surface area (Å²) in [4.78, 5) is 28.9. The average molecular weight is 413 g/mol. The smallest absolute Gasteiger partial charge is 0.317 e. The molecule has 0 aromatic heterocycles. The van der Waals surface area contributed by atoms with Gasteiger partial charge in [-0.25, -0.2) is 9.18 Å². The largest absolute Gasteiger partial charge is 0.399 e. The van der Waals surface area contributed by atoms with Gasteiger partial charge in [-0.1, -0.05) is 12.1 Å². The maximum absolute atomic E-state index is 13.1. The van der Waals surface area contributed by atoms with Gasteiger partial charge in [-0.3, -0.25) is 4.79 Å². The SMILES string of the molecule is CC(C)NC(=O)N1CCN(c2ccc(N)cc2C(=O)NCc2ccc(F)cc2)CC1. The second-order valence-electron chi connectivity index (χ2n) is 7.66. The number of anilines is 2. The Hall–Kier alpha value is -3.29. The van der Waals surface area contributed by atoms with Gasteiger partial charge in [0.05, 0.1) is 5.56 Å². The fraction of sp³-hybridized carbons (Fsp3) is 0.364. The molecule has 0 saturated carbocycles. The number of nitrogens with two attached hydrogens (primary N) is 1. The molecule has 1 aliphatic heterocycles. The van der Waals surface area contributed by atoms with E-state index in [2.05, 4.69) is 15.5 Å². The summed E-state index contributed by atoms with van der Waals surface area (Å²) in [6, 6.07) is 11.3. The number of piperazine rings is 1. The number of urea groups is 1. The summed E-state index contributed by atoms with van der Waals surface area (Å²) >= 11 is 0. The molecule has 1 aliphatic rings. The van der Waals surface area contributed by atoms with Gasteiger partial charge < -0.3 is 26.2 Å². The zero-order valence-corrected chi connectivity index (χ0v) is 17.3. The van der Waals surface area contributed by atoms with Crippen LogP contribution in [-0.4, -0.2) is 49.1 Å². The number of carbonyl (C=O) groups is 2. The number of benzene rings is 2. The Morgan fingerprint density at radius 3 is 2.37 bits per heavy atom. The van der Waals surface area contributed by atoms with Gasteiger partial charge in [-0.15, -0.1) is 0 Å². The highest BCUT2D eigenvalue weighted by Crippen LogP contribution is 2.25. The third-order valence-corrected chi connectivity index (χ3v) is 4.95. The lowest BCUT2D eigenvalue weighted by Crippen LogP contribution is -2.53. The number of hydrogen-bond acceptors (Lipinski definition) is 4. The van der Waals surface area contributed by atoms with E-state index in [-0.39, 0.29) is 30.3 Å². The number of nitrogens with one attached hydrogen (secondary N) is 2. The first kappa shape index (κ1) is 21.4. The van der Waals surface area contributed by atoms with Crippen molar-refractivity contribution in [2.24, 2.45) is 0 Å². The molecule has 2 aromatic carbocycles. The molecule has 1 heterocycles. The summed E-state index contributed by atoms with van der Waals surface area (Å²) in [6.07, 6.45) is 0. The van der Waals surface area contributed by atoms with Gasteiger partial charge >= 0.3 is 6.03 Å². The highest BCUT2D eigenvalue weighted by molar-refractivity contribution is 6.00. The third-order valence-electron chi connectivity index (χ3n) is 4.95. The Morgan fingerprint density at radius 1 is 1.07 bits per heavy atom. The van der Waals surface area contributed by atoms with Gasteiger partial charge in [0.25, 0.3) is 5.91 Å². The van der Waals surface area contributed by atoms with Crippen molar-refractivity contribution in [2.75, 3.05) is 36.8 Å². The number of amides is 3. The van der Waals surface area contributed by atoms with Gasteiger partial charge in [0, 0.05) is 50.1 Å². The van der Waals surface area contributed by atoms with Crippen LogP contribution in [0.2, 0.25) is 0 Å². The van der Waals surface area contributed by atoms with Crippen molar-refractivity contribution >= 4 is 23.3 Å². The normalized spacial score (nSPS) is 14.0. The van der Waals surface area contributed by atoms with E-state index in [1.807, 2.05) is 19.9 Å². The van der Waals surface area contributed by atoms with Crippen molar-refractivity contribution in [3.8, 4) is 0 Å². The van der Waals surface area contributed by atoms with Crippen LogP contribution in [0.4, 0.5) is 20.6 Å². The second kappa shape index (κ2) is 9.47. The number of carbonyl (C=O) groups excluding carboxylic acids is 2. The molecule has 4 N–H and O–H groups in total. The topological polar surface area (TPSA) is 90.7 Å². The first-order valence-electron chi connectivity index (χ1n) is 10.1. The molecular weight excluding hydrogens is 385 g/mol. The first-order chi connectivity index (χ1) is 14.3. The summed E-state index contributed by atoms with van der Waals surface area (Å²) in [7, 11) is 0. The minimum absolute atomic E-state index is 0.0702. The van der Waals surface area contributed by atoms with E-state index in [4.69, 9.17) is 5.73 Å². The maximum atomic E-state index is 13.1. The molecule has 3 rings (SSSR count). The summed E-state index contributed by atoms with van der Waals surface area (Å²) in [5, 5.41) is 5.78. The van der Waals surface area contributed by atoms with Crippen LogP contribution in [-0.2, 0) is 6.54 Å². The van der Waals surface area contributed by atoms with Crippen LogP contribution in [0.3, 0.4) is 0 Å². The van der Waals surface area contributed by atoms with E-state index in [1.165, 1.54) is 12.1 Å². The molecule has 0 spiro atoms. The van der Waals surface area contributed by atoms with Crippen LogP contribution in [0.5, 0.6) is 0 Å². The number of nitrogens with zero attached hydrogens (tertiary/aromatic N) is 2. The quantitative estimate of drug-likeness (QED) is 0.657. The number of hydrogen-bond donors (Lipinski definition) is 3. The highest BCUT2D eigenvalue weighted by Gasteiger charge is 2.24. The van der Waals surface area contributed by atoms with Crippen LogP contribution in [0, 0.1) is 5.82 Å². The van der Waals surface area contributed by atoms with Crippen LogP contribution in [0.15, 0.2) is 42.5 Å². The van der Waals surface area contributed by atoms with E-state index in [0.717, 1.165) is 11.3 Å². The number of rotatable bonds is 5. The Bertz CT molecular complexity index is 893. The molecule has 160 valence electrons. The fourth-order valence-corrected chi connectivity index (χ4v) is 3.38. The van der Waals surface area contributed by atoms with Gasteiger partial charge in [-0.05, 0) is 49.7 Å². The predicted molar refractivity (Wildman–Crippen MR) is 116 cm³/mol. The maximum Gasteiger partial charge on any atom is 0.317 e. The lowest BCUT2D eigenvalue weighted by molar-refractivity contribution is 0.0951. The summed E-state index contributed by atoms with van der Waals surface area (Å²) < 4.78 is 13.1. The molecule has 8 heteroatoms. The molecule has 0 bridgehead atoms. The van der Waals surface area contributed by atoms with E-state index in [1.54, 1.807) is 29.2 Å². The zero-order chi connectivity index (χ0) is 21.7. The molecule has 1 fully saturated rings. The highest BCUT2D eigenvalue weighted by atomic mass is 19.1. The molecule has 1 saturated heterocycles. The summed E-state index contributed by atoms with van der Waals surface area (Å²) in [5.74, 6) is -0.564. The monoisotopic (exact) mass is 413 g/mol. The fourth-order valence-electron chi connectivity index (χ4n) is 3.38. The molecule has 30 heavy (non-hydrogen) atoms. The molecule has 0 radical (unpaired) electrons. The van der Waals surface area contributed by atoms with Crippen molar-refractivity contribution in [2.45, 2.75) is 26.4 Å². The van der Waals surface area contributed by atoms with Crippen molar-refractivity contribution in [1.29, 1.82) is 0 Å². The van der Waals surface area contributed by atoms with E-state index in [0.29, 0.717) is 37.4 Å². The Balaban J connectivity index is 1.67. The summed E-state index contributed by atoms with van der Waals surface area (Å²) in [6.45, 7) is 6.52. The summed E-state index contributed by atoms with van der Waals surface area (Å²) in [5.41, 5.74) is 8.50. The van der Waals surface area contributed by atoms with Crippen molar-refractivity contribution in [3.63, 3.8) is 0 Å².